The fourth-order valence-corrected chi connectivity index (χ4v) is 2.68. The number of rotatable bonds is 9. The second-order valence-corrected chi connectivity index (χ2v) is 6.74. The van der Waals surface area contributed by atoms with Gasteiger partial charge in [-0.25, -0.2) is 0 Å². The van der Waals surface area contributed by atoms with Gasteiger partial charge in [0.1, 0.15) is 0 Å². The average Bonchev–Trinajstić information content (AvgIpc) is 2.75. The van der Waals surface area contributed by atoms with Gasteiger partial charge in [0.2, 0.25) is 0 Å². The summed E-state index contributed by atoms with van der Waals surface area (Å²) in [6.45, 7) is 13.5. The van der Waals surface area contributed by atoms with Crippen molar-refractivity contribution < 1.29 is 4.74 Å². The third kappa shape index (κ3) is 7.28. The van der Waals surface area contributed by atoms with Crippen molar-refractivity contribution in [1.82, 2.24) is 10.2 Å². The lowest BCUT2D eigenvalue weighted by Crippen LogP contribution is -2.34. The highest BCUT2D eigenvalue weighted by Crippen LogP contribution is 2.20. The fourth-order valence-electron chi connectivity index (χ4n) is 2.68. The molecule has 1 heterocycles. The zero-order chi connectivity index (χ0) is 14.3. The zero-order valence-corrected chi connectivity index (χ0v) is 13.6. The lowest BCUT2D eigenvalue weighted by molar-refractivity contribution is 0.0257. The first-order valence-electron chi connectivity index (χ1n) is 8.06. The fraction of sp³-hybridized carbons (Fsp3) is 1.00. The van der Waals surface area contributed by atoms with Crippen LogP contribution in [0.1, 0.15) is 47.0 Å². The molecule has 3 atom stereocenters. The van der Waals surface area contributed by atoms with E-state index in [1.54, 1.807) is 0 Å². The summed E-state index contributed by atoms with van der Waals surface area (Å²) in [6, 6.07) is 0. The minimum absolute atomic E-state index is 0.431. The summed E-state index contributed by atoms with van der Waals surface area (Å²) in [5.41, 5.74) is 0. The Morgan fingerprint density at radius 1 is 1.21 bits per heavy atom. The van der Waals surface area contributed by atoms with Gasteiger partial charge in [0.15, 0.2) is 0 Å². The third-order valence-corrected chi connectivity index (χ3v) is 3.96. The SMILES string of the molecule is CCC(C)CN(C)CC1CCC(CNCC(C)C)O1. The van der Waals surface area contributed by atoms with Crippen molar-refractivity contribution in [1.29, 1.82) is 0 Å². The van der Waals surface area contributed by atoms with Crippen molar-refractivity contribution in [3.8, 4) is 0 Å². The highest BCUT2D eigenvalue weighted by atomic mass is 16.5. The molecule has 0 aromatic rings. The van der Waals surface area contributed by atoms with E-state index in [0.717, 1.165) is 31.5 Å². The van der Waals surface area contributed by atoms with E-state index in [4.69, 9.17) is 4.74 Å². The van der Waals surface area contributed by atoms with E-state index >= 15 is 0 Å². The summed E-state index contributed by atoms with van der Waals surface area (Å²) in [5, 5.41) is 3.50. The van der Waals surface area contributed by atoms with E-state index in [2.05, 4.69) is 45.0 Å². The normalized spacial score (nSPS) is 25.4. The van der Waals surface area contributed by atoms with Gasteiger partial charge < -0.3 is 15.0 Å². The van der Waals surface area contributed by atoms with Gasteiger partial charge in [0.05, 0.1) is 12.2 Å². The highest BCUT2D eigenvalue weighted by molar-refractivity contribution is 4.77. The van der Waals surface area contributed by atoms with Gasteiger partial charge in [-0.05, 0) is 38.3 Å². The molecule has 0 aliphatic carbocycles. The van der Waals surface area contributed by atoms with Gasteiger partial charge in [0, 0.05) is 19.6 Å². The van der Waals surface area contributed by atoms with Crippen LogP contribution in [0.15, 0.2) is 0 Å². The molecule has 3 heteroatoms. The van der Waals surface area contributed by atoms with Crippen LogP contribution in [0.4, 0.5) is 0 Å². The standard InChI is InChI=1S/C16H34N2O/c1-6-14(4)11-18(5)12-16-8-7-15(19-16)10-17-9-13(2)3/h13-17H,6-12H2,1-5H3. The molecule has 1 fully saturated rings. The molecule has 1 aliphatic heterocycles. The first kappa shape index (κ1) is 16.9. The average molecular weight is 270 g/mol. The lowest BCUT2D eigenvalue weighted by atomic mass is 10.1. The summed E-state index contributed by atoms with van der Waals surface area (Å²) in [7, 11) is 2.22. The third-order valence-electron chi connectivity index (χ3n) is 3.96. The molecular weight excluding hydrogens is 236 g/mol. The number of nitrogens with zero attached hydrogens (tertiary/aromatic N) is 1. The van der Waals surface area contributed by atoms with E-state index in [-0.39, 0.29) is 0 Å². The first-order chi connectivity index (χ1) is 9.01. The molecule has 0 aromatic carbocycles. The van der Waals surface area contributed by atoms with E-state index in [1.165, 1.54) is 25.8 Å². The van der Waals surface area contributed by atoms with E-state index < -0.39 is 0 Å². The summed E-state index contributed by atoms with van der Waals surface area (Å²) >= 11 is 0. The molecule has 0 bridgehead atoms. The number of ether oxygens (including phenoxy) is 1. The maximum Gasteiger partial charge on any atom is 0.0707 e. The molecule has 1 saturated heterocycles. The van der Waals surface area contributed by atoms with Crippen molar-refractivity contribution in [2.75, 3.05) is 33.2 Å². The Morgan fingerprint density at radius 2 is 1.89 bits per heavy atom. The molecule has 1 N–H and O–H groups in total. The first-order valence-corrected chi connectivity index (χ1v) is 8.06. The Kier molecular flexibility index (Phi) is 7.96. The van der Waals surface area contributed by atoms with Crippen LogP contribution < -0.4 is 5.32 Å². The maximum absolute atomic E-state index is 6.12. The summed E-state index contributed by atoms with van der Waals surface area (Å²) in [6.07, 6.45) is 4.57. The van der Waals surface area contributed by atoms with Crippen LogP contribution in [-0.4, -0.2) is 50.3 Å². The molecule has 0 radical (unpaired) electrons. The Balaban J connectivity index is 2.13. The predicted octanol–water partition coefficient (Wildman–Crippen LogP) is 2.76. The van der Waals surface area contributed by atoms with Gasteiger partial charge >= 0.3 is 0 Å². The highest BCUT2D eigenvalue weighted by Gasteiger charge is 2.25. The van der Waals surface area contributed by atoms with Crippen LogP contribution >= 0.6 is 0 Å². The Morgan fingerprint density at radius 3 is 2.53 bits per heavy atom. The van der Waals surface area contributed by atoms with Crippen LogP contribution in [-0.2, 0) is 4.74 Å². The molecule has 114 valence electrons. The molecule has 3 unspecified atom stereocenters. The van der Waals surface area contributed by atoms with Crippen molar-refractivity contribution in [3.05, 3.63) is 0 Å². The van der Waals surface area contributed by atoms with Gasteiger partial charge in [0.25, 0.3) is 0 Å². The van der Waals surface area contributed by atoms with Crippen LogP contribution in [0.5, 0.6) is 0 Å². The van der Waals surface area contributed by atoms with Crippen LogP contribution in [0, 0.1) is 11.8 Å². The Bertz CT molecular complexity index is 233. The number of likely N-dealkylation sites (N-methyl/N-ethyl adjacent to an activating group) is 1. The minimum Gasteiger partial charge on any atom is -0.372 e. The summed E-state index contributed by atoms with van der Waals surface area (Å²) < 4.78 is 6.12. The smallest absolute Gasteiger partial charge is 0.0707 e. The topological polar surface area (TPSA) is 24.5 Å². The Labute approximate surface area is 120 Å². The summed E-state index contributed by atoms with van der Waals surface area (Å²) in [4.78, 5) is 2.43. The molecule has 0 spiro atoms. The number of hydrogen-bond acceptors (Lipinski definition) is 3. The largest absolute Gasteiger partial charge is 0.372 e. The Hall–Kier alpha value is -0.120. The lowest BCUT2D eigenvalue weighted by Gasteiger charge is -2.24. The second kappa shape index (κ2) is 8.93. The summed E-state index contributed by atoms with van der Waals surface area (Å²) in [5.74, 6) is 1.51. The van der Waals surface area contributed by atoms with Gasteiger partial charge in [-0.3, -0.25) is 0 Å². The van der Waals surface area contributed by atoms with Crippen molar-refractivity contribution >= 4 is 0 Å². The van der Waals surface area contributed by atoms with Crippen LogP contribution in [0.25, 0.3) is 0 Å². The van der Waals surface area contributed by atoms with Gasteiger partial charge in [-0.1, -0.05) is 34.1 Å². The molecule has 0 amide bonds. The monoisotopic (exact) mass is 270 g/mol. The molecule has 0 aromatic heterocycles. The molecule has 1 rings (SSSR count). The predicted molar refractivity (Wildman–Crippen MR) is 82.6 cm³/mol. The van der Waals surface area contributed by atoms with E-state index in [9.17, 15) is 0 Å². The zero-order valence-electron chi connectivity index (χ0n) is 13.6. The molecule has 19 heavy (non-hydrogen) atoms. The molecule has 3 nitrogen and oxygen atoms in total. The number of hydrogen-bond donors (Lipinski definition) is 1. The second-order valence-electron chi connectivity index (χ2n) is 6.74. The van der Waals surface area contributed by atoms with Crippen LogP contribution in [0.2, 0.25) is 0 Å². The minimum atomic E-state index is 0.431. The van der Waals surface area contributed by atoms with Gasteiger partial charge in [-0.2, -0.15) is 0 Å². The van der Waals surface area contributed by atoms with E-state index in [1.807, 2.05) is 0 Å². The quantitative estimate of drug-likeness (QED) is 0.697. The molecule has 1 aliphatic rings. The molecular formula is C16H34N2O. The van der Waals surface area contributed by atoms with Crippen molar-refractivity contribution in [2.24, 2.45) is 11.8 Å². The van der Waals surface area contributed by atoms with E-state index in [0.29, 0.717) is 12.2 Å². The number of nitrogens with one attached hydrogen (secondary N) is 1. The maximum atomic E-state index is 6.12. The van der Waals surface area contributed by atoms with Crippen LogP contribution in [0.3, 0.4) is 0 Å². The van der Waals surface area contributed by atoms with Crippen molar-refractivity contribution in [2.45, 2.75) is 59.2 Å². The van der Waals surface area contributed by atoms with Crippen molar-refractivity contribution in [3.63, 3.8) is 0 Å². The molecule has 0 saturated carbocycles. The van der Waals surface area contributed by atoms with Gasteiger partial charge in [-0.15, -0.1) is 0 Å².